The van der Waals surface area contributed by atoms with Gasteiger partial charge in [-0.25, -0.2) is 0 Å². The van der Waals surface area contributed by atoms with Gasteiger partial charge < -0.3 is 16.2 Å². The van der Waals surface area contributed by atoms with Gasteiger partial charge in [-0.1, -0.05) is 6.07 Å². The molecule has 3 rings (SSSR count). The number of aliphatic hydroxyl groups excluding tert-OH is 1. The van der Waals surface area contributed by atoms with Crippen molar-refractivity contribution in [3.05, 3.63) is 36.4 Å². The van der Waals surface area contributed by atoms with Gasteiger partial charge in [0.1, 0.15) is 6.04 Å². The average molecular weight is 301 g/mol. The standard InChI is InChI=1S/C15H19N5O2/c1-20-8-11(7-18-20)10-2-3-13(17-6-10)15(4-5-15)19-14(22)12(16)9-21/h2-3,6-8,12,21H,4-5,9,16H2,1H3,(H,19,22). The number of nitrogens with two attached hydrogens (primary N) is 1. The molecule has 1 unspecified atom stereocenters. The molecule has 1 aliphatic carbocycles. The molecule has 1 atom stereocenters. The molecule has 7 nitrogen and oxygen atoms in total. The quantitative estimate of drug-likeness (QED) is 0.715. The molecule has 116 valence electrons. The maximum absolute atomic E-state index is 11.9. The molecule has 4 N–H and O–H groups in total. The van der Waals surface area contributed by atoms with Crippen LogP contribution in [0.4, 0.5) is 0 Å². The van der Waals surface area contributed by atoms with Crippen LogP contribution >= 0.6 is 0 Å². The van der Waals surface area contributed by atoms with Crippen LogP contribution in [0.25, 0.3) is 11.1 Å². The van der Waals surface area contributed by atoms with Crippen molar-refractivity contribution in [3.63, 3.8) is 0 Å². The van der Waals surface area contributed by atoms with Crippen LogP contribution in [0.2, 0.25) is 0 Å². The zero-order valence-corrected chi connectivity index (χ0v) is 12.4. The number of hydrogen-bond acceptors (Lipinski definition) is 5. The zero-order valence-electron chi connectivity index (χ0n) is 12.4. The lowest BCUT2D eigenvalue weighted by atomic mass is 10.1. The molecule has 0 radical (unpaired) electrons. The number of carbonyl (C=O) groups is 1. The maximum Gasteiger partial charge on any atom is 0.240 e. The largest absolute Gasteiger partial charge is 0.394 e. The fourth-order valence-electron chi connectivity index (χ4n) is 2.40. The molecule has 1 amide bonds. The molecule has 1 fully saturated rings. The summed E-state index contributed by atoms with van der Waals surface area (Å²) in [6.45, 7) is -0.366. The fraction of sp³-hybridized carbons (Fsp3) is 0.400. The van der Waals surface area contributed by atoms with E-state index in [0.717, 1.165) is 29.7 Å². The summed E-state index contributed by atoms with van der Waals surface area (Å²) in [6.07, 6.45) is 7.15. The number of aryl methyl sites for hydroxylation is 1. The molecule has 1 aliphatic rings. The van der Waals surface area contributed by atoms with Crippen LogP contribution in [0.3, 0.4) is 0 Å². The molecule has 2 heterocycles. The summed E-state index contributed by atoms with van der Waals surface area (Å²) < 4.78 is 1.74. The summed E-state index contributed by atoms with van der Waals surface area (Å²) in [7, 11) is 1.87. The minimum atomic E-state index is -0.896. The first-order valence-electron chi connectivity index (χ1n) is 7.18. The third-order valence-electron chi connectivity index (χ3n) is 3.94. The fourth-order valence-corrected chi connectivity index (χ4v) is 2.40. The Kier molecular flexibility index (Phi) is 3.67. The number of amides is 1. The summed E-state index contributed by atoms with van der Waals surface area (Å²) in [6, 6.07) is 2.99. The van der Waals surface area contributed by atoms with E-state index < -0.39 is 11.6 Å². The van der Waals surface area contributed by atoms with Gasteiger partial charge in [0.15, 0.2) is 0 Å². The van der Waals surface area contributed by atoms with E-state index in [4.69, 9.17) is 10.8 Å². The van der Waals surface area contributed by atoms with E-state index in [1.165, 1.54) is 0 Å². The van der Waals surface area contributed by atoms with Crippen molar-refractivity contribution in [1.82, 2.24) is 20.1 Å². The van der Waals surface area contributed by atoms with Crippen molar-refractivity contribution in [1.29, 1.82) is 0 Å². The first kappa shape index (κ1) is 14.7. The number of hydrogen-bond donors (Lipinski definition) is 3. The number of nitrogens with zero attached hydrogens (tertiary/aromatic N) is 3. The molecule has 2 aromatic rings. The monoisotopic (exact) mass is 301 g/mol. The van der Waals surface area contributed by atoms with E-state index in [-0.39, 0.29) is 12.5 Å². The normalized spacial score (nSPS) is 17.0. The number of nitrogens with one attached hydrogen (secondary N) is 1. The molecule has 7 heteroatoms. The summed E-state index contributed by atoms with van der Waals surface area (Å²) >= 11 is 0. The maximum atomic E-state index is 11.9. The number of aromatic nitrogens is 3. The van der Waals surface area contributed by atoms with Gasteiger partial charge in [0.2, 0.25) is 5.91 Å². The van der Waals surface area contributed by atoms with E-state index in [2.05, 4.69) is 15.4 Å². The predicted octanol–water partition coefficient (Wildman–Crippen LogP) is -0.0930. The van der Waals surface area contributed by atoms with Gasteiger partial charge in [-0.2, -0.15) is 5.10 Å². The van der Waals surface area contributed by atoms with E-state index in [1.54, 1.807) is 17.1 Å². The highest BCUT2D eigenvalue weighted by molar-refractivity contribution is 5.83. The Labute approximate surface area is 128 Å². The van der Waals surface area contributed by atoms with Crippen LogP contribution in [-0.4, -0.2) is 38.4 Å². The Morgan fingerprint density at radius 3 is 2.73 bits per heavy atom. The van der Waals surface area contributed by atoms with Crippen LogP contribution in [0.5, 0.6) is 0 Å². The summed E-state index contributed by atoms with van der Waals surface area (Å²) in [5.41, 5.74) is 7.90. The molecule has 0 saturated heterocycles. The lowest BCUT2D eigenvalue weighted by molar-refractivity contribution is -0.124. The van der Waals surface area contributed by atoms with Gasteiger partial charge in [-0.05, 0) is 18.9 Å². The summed E-state index contributed by atoms with van der Waals surface area (Å²) in [5.74, 6) is -0.349. The van der Waals surface area contributed by atoms with E-state index >= 15 is 0 Å². The van der Waals surface area contributed by atoms with E-state index in [9.17, 15) is 4.79 Å². The highest BCUT2D eigenvalue weighted by Gasteiger charge is 2.47. The number of aliphatic hydroxyl groups is 1. The van der Waals surface area contributed by atoms with Gasteiger partial charge in [0.25, 0.3) is 0 Å². The van der Waals surface area contributed by atoms with Crippen LogP contribution in [0, 0.1) is 0 Å². The van der Waals surface area contributed by atoms with Gasteiger partial charge in [-0.3, -0.25) is 14.5 Å². The Hall–Kier alpha value is -2.25. The van der Waals surface area contributed by atoms with Crippen LogP contribution in [0.15, 0.2) is 30.7 Å². The topological polar surface area (TPSA) is 106 Å². The highest BCUT2D eigenvalue weighted by atomic mass is 16.3. The van der Waals surface area contributed by atoms with Crippen LogP contribution < -0.4 is 11.1 Å². The van der Waals surface area contributed by atoms with Crippen molar-refractivity contribution >= 4 is 5.91 Å². The minimum Gasteiger partial charge on any atom is -0.394 e. The molecular formula is C15H19N5O2. The number of rotatable bonds is 5. The average Bonchev–Trinajstić information content (AvgIpc) is 3.19. The second-order valence-electron chi connectivity index (χ2n) is 5.70. The third kappa shape index (κ3) is 2.72. The smallest absolute Gasteiger partial charge is 0.240 e. The molecular weight excluding hydrogens is 282 g/mol. The van der Waals surface area contributed by atoms with Gasteiger partial charge in [-0.15, -0.1) is 0 Å². The van der Waals surface area contributed by atoms with Crippen LogP contribution in [-0.2, 0) is 17.4 Å². The molecule has 22 heavy (non-hydrogen) atoms. The van der Waals surface area contributed by atoms with Crippen molar-refractivity contribution in [2.24, 2.45) is 12.8 Å². The molecule has 0 bridgehead atoms. The van der Waals surface area contributed by atoms with E-state index in [0.29, 0.717) is 0 Å². The zero-order chi connectivity index (χ0) is 15.7. The Balaban J connectivity index is 1.76. The third-order valence-corrected chi connectivity index (χ3v) is 3.94. The Morgan fingerprint density at radius 1 is 1.45 bits per heavy atom. The number of pyridine rings is 1. The molecule has 2 aromatic heterocycles. The predicted molar refractivity (Wildman–Crippen MR) is 80.6 cm³/mol. The lowest BCUT2D eigenvalue weighted by Gasteiger charge is -2.19. The van der Waals surface area contributed by atoms with Gasteiger partial charge >= 0.3 is 0 Å². The van der Waals surface area contributed by atoms with Gasteiger partial charge in [0.05, 0.1) is 24.0 Å². The van der Waals surface area contributed by atoms with Gasteiger partial charge in [0, 0.05) is 30.6 Å². The minimum absolute atomic E-state index is 0.349. The van der Waals surface area contributed by atoms with Crippen LogP contribution in [0.1, 0.15) is 18.5 Å². The first-order valence-corrected chi connectivity index (χ1v) is 7.18. The summed E-state index contributed by atoms with van der Waals surface area (Å²) in [4.78, 5) is 16.3. The SMILES string of the molecule is Cn1cc(-c2ccc(C3(NC(=O)C(N)CO)CC3)nc2)cn1. The second-order valence-corrected chi connectivity index (χ2v) is 5.70. The Bertz CT molecular complexity index is 675. The van der Waals surface area contributed by atoms with Crippen molar-refractivity contribution in [3.8, 4) is 11.1 Å². The van der Waals surface area contributed by atoms with Crippen molar-refractivity contribution in [2.75, 3.05) is 6.61 Å². The molecule has 1 saturated carbocycles. The lowest BCUT2D eigenvalue weighted by Crippen LogP contribution is -2.47. The molecule has 0 aliphatic heterocycles. The highest BCUT2D eigenvalue weighted by Crippen LogP contribution is 2.44. The van der Waals surface area contributed by atoms with E-state index in [1.807, 2.05) is 25.4 Å². The van der Waals surface area contributed by atoms with Crippen molar-refractivity contribution < 1.29 is 9.90 Å². The summed E-state index contributed by atoms with van der Waals surface area (Å²) in [5, 5.41) is 16.0. The number of carbonyl (C=O) groups excluding carboxylic acids is 1. The first-order chi connectivity index (χ1) is 10.5. The molecule has 0 aromatic carbocycles. The second kappa shape index (κ2) is 5.51. The molecule has 0 spiro atoms. The van der Waals surface area contributed by atoms with Crippen molar-refractivity contribution in [2.45, 2.75) is 24.4 Å². The Morgan fingerprint density at radius 2 is 2.23 bits per heavy atom.